The lowest BCUT2D eigenvalue weighted by Gasteiger charge is -2.36. The second kappa shape index (κ2) is 5.83. The molecule has 25 heavy (non-hydrogen) atoms. The average Bonchev–Trinajstić information content (AvgIpc) is 2.88. The van der Waals surface area contributed by atoms with Crippen molar-refractivity contribution in [1.82, 2.24) is 0 Å². The summed E-state index contributed by atoms with van der Waals surface area (Å²) < 4.78 is 32.8. The van der Waals surface area contributed by atoms with E-state index in [9.17, 15) is 18.0 Å². The molecule has 2 atom stereocenters. The third-order valence-corrected chi connectivity index (χ3v) is 7.58. The van der Waals surface area contributed by atoms with Gasteiger partial charge in [0.1, 0.15) is 5.78 Å². The van der Waals surface area contributed by atoms with Crippen molar-refractivity contribution >= 4 is 27.5 Å². The predicted molar refractivity (Wildman–Crippen MR) is 93.8 cm³/mol. The Balaban J connectivity index is 1.90. The molecule has 1 aromatic carbocycles. The molecular weight excluding hydrogens is 342 g/mol. The van der Waals surface area contributed by atoms with Crippen molar-refractivity contribution < 1.29 is 22.7 Å². The van der Waals surface area contributed by atoms with Gasteiger partial charge in [0.15, 0.2) is 0 Å². The minimum absolute atomic E-state index is 0.0420. The molecule has 0 radical (unpaired) electrons. The molecule has 2 unspecified atom stereocenters. The lowest BCUT2D eigenvalue weighted by atomic mass is 9.70. The van der Waals surface area contributed by atoms with E-state index < -0.39 is 21.4 Å². The maximum atomic E-state index is 12.8. The normalized spacial score (nSPS) is 27.3. The summed E-state index contributed by atoms with van der Waals surface area (Å²) >= 11 is 0. The van der Waals surface area contributed by atoms with E-state index in [1.165, 1.54) is 19.2 Å². The zero-order chi connectivity index (χ0) is 18.5. The number of methoxy groups -OCH3 is 1. The lowest BCUT2D eigenvalue weighted by molar-refractivity contribution is -0.128. The van der Waals surface area contributed by atoms with Crippen molar-refractivity contribution in [2.24, 2.45) is 16.7 Å². The molecule has 2 aliphatic carbocycles. The molecule has 0 saturated heterocycles. The van der Waals surface area contributed by atoms with E-state index in [-0.39, 0.29) is 34.1 Å². The van der Waals surface area contributed by atoms with Gasteiger partial charge in [-0.2, -0.15) is 0 Å². The SMILES string of the molecule is COC(=O)c1ccccc1NS(=O)(=O)CC12CCC(CC1=O)C2(C)C. The molecular formula is C18H23NO5S. The monoisotopic (exact) mass is 365 g/mol. The second-order valence-electron chi connectivity index (χ2n) is 7.57. The lowest BCUT2D eigenvalue weighted by Crippen LogP contribution is -2.43. The molecule has 2 bridgehead atoms. The number of hydrogen-bond donors (Lipinski definition) is 1. The minimum atomic E-state index is -3.81. The van der Waals surface area contributed by atoms with Crippen LogP contribution in [0.2, 0.25) is 0 Å². The summed E-state index contributed by atoms with van der Waals surface area (Å²) in [6.45, 7) is 3.99. The summed E-state index contributed by atoms with van der Waals surface area (Å²) in [5.74, 6) is -0.578. The first-order valence-electron chi connectivity index (χ1n) is 8.34. The summed E-state index contributed by atoms with van der Waals surface area (Å²) in [5, 5.41) is 0. The second-order valence-corrected chi connectivity index (χ2v) is 9.29. The summed E-state index contributed by atoms with van der Waals surface area (Å²) in [6, 6.07) is 6.28. The maximum absolute atomic E-state index is 12.8. The van der Waals surface area contributed by atoms with Gasteiger partial charge in [-0.05, 0) is 36.3 Å². The van der Waals surface area contributed by atoms with Crippen LogP contribution in [0.15, 0.2) is 24.3 Å². The number of anilines is 1. The fourth-order valence-corrected chi connectivity index (χ4v) is 6.41. The minimum Gasteiger partial charge on any atom is -0.465 e. The molecule has 2 fully saturated rings. The number of para-hydroxylation sites is 1. The Morgan fingerprint density at radius 1 is 1.32 bits per heavy atom. The third-order valence-electron chi connectivity index (χ3n) is 6.17. The zero-order valence-electron chi connectivity index (χ0n) is 14.7. The zero-order valence-corrected chi connectivity index (χ0v) is 15.5. The van der Waals surface area contributed by atoms with Crippen molar-refractivity contribution in [2.45, 2.75) is 33.1 Å². The van der Waals surface area contributed by atoms with Crippen LogP contribution in [-0.4, -0.2) is 33.0 Å². The average molecular weight is 365 g/mol. The number of esters is 1. The maximum Gasteiger partial charge on any atom is 0.339 e. The highest BCUT2D eigenvalue weighted by atomic mass is 32.2. The van der Waals surface area contributed by atoms with Crippen LogP contribution in [0, 0.1) is 16.7 Å². The van der Waals surface area contributed by atoms with Crippen LogP contribution in [0.1, 0.15) is 43.5 Å². The van der Waals surface area contributed by atoms with E-state index in [2.05, 4.69) is 4.72 Å². The number of carbonyl (C=O) groups excluding carboxylic acids is 2. The van der Waals surface area contributed by atoms with Gasteiger partial charge >= 0.3 is 5.97 Å². The molecule has 1 aromatic rings. The highest BCUT2D eigenvalue weighted by Crippen LogP contribution is 2.64. The number of ketones is 1. The standard InChI is InChI=1S/C18H23NO5S/c1-17(2)12-8-9-18(17,15(20)10-12)11-25(22,23)19-14-7-5-4-6-13(14)16(21)24-3/h4-7,12,19H,8-11H2,1-3H3. The smallest absolute Gasteiger partial charge is 0.339 e. The molecule has 7 heteroatoms. The van der Waals surface area contributed by atoms with Gasteiger partial charge in [-0.25, -0.2) is 13.2 Å². The van der Waals surface area contributed by atoms with Gasteiger partial charge in [-0.1, -0.05) is 26.0 Å². The number of fused-ring (bicyclic) bond motifs is 2. The highest BCUT2D eigenvalue weighted by Gasteiger charge is 2.65. The Hall–Kier alpha value is -1.89. The van der Waals surface area contributed by atoms with Gasteiger partial charge in [-0.15, -0.1) is 0 Å². The van der Waals surface area contributed by atoms with Gasteiger partial charge in [0.05, 0.1) is 29.5 Å². The summed E-state index contributed by atoms with van der Waals surface area (Å²) in [7, 11) is -2.57. The van der Waals surface area contributed by atoms with Crippen molar-refractivity contribution in [3.8, 4) is 0 Å². The van der Waals surface area contributed by atoms with Crippen LogP contribution < -0.4 is 4.72 Å². The Bertz CT molecular complexity index is 830. The van der Waals surface area contributed by atoms with Gasteiger partial charge < -0.3 is 4.74 Å². The molecule has 1 N–H and O–H groups in total. The van der Waals surface area contributed by atoms with Crippen molar-refractivity contribution in [2.75, 3.05) is 17.6 Å². The topological polar surface area (TPSA) is 89.5 Å². The number of nitrogens with one attached hydrogen (secondary N) is 1. The molecule has 136 valence electrons. The van der Waals surface area contributed by atoms with Crippen molar-refractivity contribution in [1.29, 1.82) is 0 Å². The van der Waals surface area contributed by atoms with Gasteiger partial charge in [0.2, 0.25) is 10.0 Å². The number of ether oxygens (including phenoxy) is 1. The first-order valence-corrected chi connectivity index (χ1v) is 9.99. The van der Waals surface area contributed by atoms with Crippen LogP contribution in [-0.2, 0) is 19.6 Å². The molecule has 6 nitrogen and oxygen atoms in total. The van der Waals surface area contributed by atoms with E-state index in [0.29, 0.717) is 12.8 Å². The number of hydrogen-bond acceptors (Lipinski definition) is 5. The molecule has 0 amide bonds. The van der Waals surface area contributed by atoms with Gasteiger partial charge in [0.25, 0.3) is 0 Å². The van der Waals surface area contributed by atoms with E-state index in [4.69, 9.17) is 4.74 Å². The number of carbonyl (C=O) groups is 2. The van der Waals surface area contributed by atoms with Crippen LogP contribution in [0.3, 0.4) is 0 Å². The van der Waals surface area contributed by atoms with E-state index in [0.717, 1.165) is 6.42 Å². The van der Waals surface area contributed by atoms with Crippen LogP contribution in [0.5, 0.6) is 0 Å². The van der Waals surface area contributed by atoms with E-state index >= 15 is 0 Å². The van der Waals surface area contributed by atoms with Gasteiger partial charge in [-0.3, -0.25) is 9.52 Å². The Kier molecular flexibility index (Phi) is 4.18. The fraction of sp³-hybridized carbons (Fsp3) is 0.556. The quantitative estimate of drug-likeness (QED) is 0.810. The molecule has 0 spiro atoms. The van der Waals surface area contributed by atoms with E-state index in [1.54, 1.807) is 12.1 Å². The first-order chi connectivity index (χ1) is 11.6. The van der Waals surface area contributed by atoms with E-state index in [1.807, 2.05) is 13.8 Å². The first kappa shape index (κ1) is 17.9. The highest BCUT2D eigenvalue weighted by molar-refractivity contribution is 7.92. The summed E-state index contributed by atoms with van der Waals surface area (Å²) in [5.41, 5.74) is -0.861. The molecule has 0 heterocycles. The number of sulfonamides is 1. The molecule has 0 aliphatic heterocycles. The summed E-state index contributed by atoms with van der Waals surface area (Å²) in [6.07, 6.45) is 1.94. The Morgan fingerprint density at radius 2 is 2.00 bits per heavy atom. The summed E-state index contributed by atoms with van der Waals surface area (Å²) in [4.78, 5) is 24.4. The largest absolute Gasteiger partial charge is 0.465 e. The number of Topliss-reactive ketones (excluding diaryl/α,β-unsaturated/α-hetero) is 1. The molecule has 2 aliphatic rings. The number of rotatable bonds is 5. The van der Waals surface area contributed by atoms with Crippen molar-refractivity contribution in [3.05, 3.63) is 29.8 Å². The van der Waals surface area contributed by atoms with Gasteiger partial charge in [0, 0.05) is 6.42 Å². The fourth-order valence-electron chi connectivity index (χ4n) is 4.50. The predicted octanol–water partition coefficient (Wildman–Crippen LogP) is 2.61. The molecule has 0 aromatic heterocycles. The molecule has 2 saturated carbocycles. The molecule has 3 rings (SSSR count). The van der Waals surface area contributed by atoms with Crippen LogP contribution >= 0.6 is 0 Å². The third kappa shape index (κ3) is 2.74. The van der Waals surface area contributed by atoms with Crippen LogP contribution in [0.4, 0.5) is 5.69 Å². The van der Waals surface area contributed by atoms with Crippen molar-refractivity contribution in [3.63, 3.8) is 0 Å². The Morgan fingerprint density at radius 3 is 2.56 bits per heavy atom. The number of benzene rings is 1. The Labute approximate surface area is 148 Å². The van der Waals surface area contributed by atoms with Crippen LogP contribution in [0.25, 0.3) is 0 Å².